The number of aryl methyl sites for hydroxylation is 1. The fourth-order valence-electron chi connectivity index (χ4n) is 2.95. The van der Waals surface area contributed by atoms with Gasteiger partial charge in [-0.05, 0) is 56.3 Å². The SMILES string of the molecule is CCCCCCCC(CNCCC)Cc1ccccc1C. The van der Waals surface area contributed by atoms with E-state index < -0.39 is 0 Å². The lowest BCUT2D eigenvalue weighted by Crippen LogP contribution is -2.25. The van der Waals surface area contributed by atoms with E-state index in [1.807, 2.05) is 0 Å². The minimum Gasteiger partial charge on any atom is -0.316 e. The molecule has 0 aliphatic rings. The predicted octanol–water partition coefficient (Wildman–Crippen LogP) is 5.51. The lowest BCUT2D eigenvalue weighted by molar-refractivity contribution is 0.420. The van der Waals surface area contributed by atoms with Gasteiger partial charge in [0.15, 0.2) is 0 Å². The molecule has 1 unspecified atom stereocenters. The summed E-state index contributed by atoms with van der Waals surface area (Å²) in [6.45, 7) is 9.10. The Balaban J connectivity index is 2.41. The Labute approximate surface area is 132 Å². The zero-order valence-electron chi connectivity index (χ0n) is 14.5. The maximum atomic E-state index is 3.63. The number of hydrogen-bond donors (Lipinski definition) is 1. The van der Waals surface area contributed by atoms with E-state index in [1.54, 1.807) is 0 Å². The molecule has 1 nitrogen and oxygen atoms in total. The zero-order chi connectivity index (χ0) is 15.3. The van der Waals surface area contributed by atoms with Crippen molar-refractivity contribution in [3.05, 3.63) is 35.4 Å². The summed E-state index contributed by atoms with van der Waals surface area (Å²) >= 11 is 0. The molecule has 0 heterocycles. The number of unbranched alkanes of at least 4 members (excludes halogenated alkanes) is 4. The Morgan fingerprint density at radius 1 is 0.952 bits per heavy atom. The fourth-order valence-corrected chi connectivity index (χ4v) is 2.95. The first-order chi connectivity index (χ1) is 10.3. The number of rotatable bonds is 12. The third-order valence-electron chi connectivity index (χ3n) is 4.35. The van der Waals surface area contributed by atoms with Gasteiger partial charge in [0.2, 0.25) is 0 Å². The van der Waals surface area contributed by atoms with Gasteiger partial charge < -0.3 is 5.32 Å². The van der Waals surface area contributed by atoms with Gasteiger partial charge in [0.05, 0.1) is 0 Å². The van der Waals surface area contributed by atoms with Crippen molar-refractivity contribution < 1.29 is 0 Å². The van der Waals surface area contributed by atoms with Crippen molar-refractivity contribution >= 4 is 0 Å². The standard InChI is InChI=1S/C20H35N/c1-4-6-7-8-9-13-19(17-21-15-5-2)16-20-14-11-10-12-18(20)3/h10-12,14,19,21H,4-9,13,15-17H2,1-3H3. The molecule has 0 aliphatic heterocycles. The van der Waals surface area contributed by atoms with Gasteiger partial charge in [-0.3, -0.25) is 0 Å². The summed E-state index contributed by atoms with van der Waals surface area (Å²) in [6, 6.07) is 8.88. The molecule has 0 saturated carbocycles. The van der Waals surface area contributed by atoms with E-state index in [4.69, 9.17) is 0 Å². The molecule has 0 aromatic heterocycles. The third kappa shape index (κ3) is 8.26. The van der Waals surface area contributed by atoms with Crippen LogP contribution in [-0.2, 0) is 6.42 Å². The second kappa shape index (κ2) is 11.8. The van der Waals surface area contributed by atoms with Crippen LogP contribution in [0.25, 0.3) is 0 Å². The van der Waals surface area contributed by atoms with Crippen LogP contribution in [0.5, 0.6) is 0 Å². The van der Waals surface area contributed by atoms with Crippen LogP contribution < -0.4 is 5.32 Å². The quantitative estimate of drug-likeness (QED) is 0.500. The van der Waals surface area contributed by atoms with E-state index in [0.717, 1.165) is 12.5 Å². The molecular weight excluding hydrogens is 254 g/mol. The van der Waals surface area contributed by atoms with Crippen LogP contribution in [0.2, 0.25) is 0 Å². The molecule has 0 saturated heterocycles. The maximum absolute atomic E-state index is 3.63. The number of nitrogens with one attached hydrogen (secondary N) is 1. The van der Waals surface area contributed by atoms with E-state index >= 15 is 0 Å². The van der Waals surface area contributed by atoms with Crippen LogP contribution in [0.15, 0.2) is 24.3 Å². The zero-order valence-corrected chi connectivity index (χ0v) is 14.5. The fraction of sp³-hybridized carbons (Fsp3) is 0.700. The van der Waals surface area contributed by atoms with Gasteiger partial charge in [-0.15, -0.1) is 0 Å². The summed E-state index contributed by atoms with van der Waals surface area (Å²) in [5.41, 5.74) is 2.98. The van der Waals surface area contributed by atoms with E-state index in [1.165, 1.54) is 69.0 Å². The molecule has 1 heteroatoms. The predicted molar refractivity (Wildman–Crippen MR) is 94.9 cm³/mol. The Morgan fingerprint density at radius 2 is 1.71 bits per heavy atom. The van der Waals surface area contributed by atoms with Crippen LogP contribution in [0.3, 0.4) is 0 Å². The van der Waals surface area contributed by atoms with Crippen LogP contribution in [0, 0.1) is 12.8 Å². The summed E-state index contributed by atoms with van der Waals surface area (Å²) in [6.07, 6.45) is 10.8. The second-order valence-electron chi connectivity index (χ2n) is 6.40. The molecular formula is C20H35N. The highest BCUT2D eigenvalue weighted by molar-refractivity contribution is 5.25. The molecule has 0 spiro atoms. The van der Waals surface area contributed by atoms with E-state index in [2.05, 4.69) is 50.4 Å². The van der Waals surface area contributed by atoms with Gasteiger partial charge in [-0.25, -0.2) is 0 Å². The third-order valence-corrected chi connectivity index (χ3v) is 4.35. The Hall–Kier alpha value is -0.820. The molecule has 0 fully saturated rings. The number of benzene rings is 1. The van der Waals surface area contributed by atoms with Gasteiger partial charge in [0, 0.05) is 0 Å². The molecule has 1 rings (SSSR count). The Kier molecular flexibility index (Phi) is 10.2. The first-order valence-corrected chi connectivity index (χ1v) is 9.03. The van der Waals surface area contributed by atoms with Gasteiger partial charge in [0.1, 0.15) is 0 Å². The van der Waals surface area contributed by atoms with Crippen LogP contribution in [0.1, 0.15) is 69.9 Å². The van der Waals surface area contributed by atoms with Crippen molar-refractivity contribution in [3.8, 4) is 0 Å². The Bertz CT molecular complexity index is 359. The summed E-state index contributed by atoms with van der Waals surface area (Å²) in [5, 5.41) is 3.63. The smallest absolute Gasteiger partial charge is 0.00173 e. The molecule has 0 amide bonds. The van der Waals surface area contributed by atoms with Gasteiger partial charge in [-0.2, -0.15) is 0 Å². The van der Waals surface area contributed by atoms with Gasteiger partial charge in [-0.1, -0.05) is 70.2 Å². The second-order valence-corrected chi connectivity index (χ2v) is 6.40. The van der Waals surface area contributed by atoms with Crippen molar-refractivity contribution in [2.24, 2.45) is 5.92 Å². The summed E-state index contributed by atoms with van der Waals surface area (Å²) < 4.78 is 0. The van der Waals surface area contributed by atoms with Crippen molar-refractivity contribution in [3.63, 3.8) is 0 Å². The topological polar surface area (TPSA) is 12.0 Å². The monoisotopic (exact) mass is 289 g/mol. The normalized spacial score (nSPS) is 12.5. The van der Waals surface area contributed by atoms with Crippen LogP contribution in [0.4, 0.5) is 0 Å². The highest BCUT2D eigenvalue weighted by Crippen LogP contribution is 2.18. The number of hydrogen-bond acceptors (Lipinski definition) is 1. The molecule has 1 atom stereocenters. The molecule has 1 aromatic rings. The van der Waals surface area contributed by atoms with E-state index in [9.17, 15) is 0 Å². The molecule has 0 radical (unpaired) electrons. The highest BCUT2D eigenvalue weighted by Gasteiger charge is 2.10. The van der Waals surface area contributed by atoms with Crippen LogP contribution in [-0.4, -0.2) is 13.1 Å². The van der Waals surface area contributed by atoms with Crippen LogP contribution >= 0.6 is 0 Å². The van der Waals surface area contributed by atoms with Crippen molar-refractivity contribution in [1.29, 1.82) is 0 Å². The average Bonchev–Trinajstić information content (AvgIpc) is 2.49. The summed E-state index contributed by atoms with van der Waals surface area (Å²) in [4.78, 5) is 0. The van der Waals surface area contributed by atoms with Crippen molar-refractivity contribution in [2.45, 2.75) is 72.1 Å². The highest BCUT2D eigenvalue weighted by atomic mass is 14.8. The summed E-state index contributed by atoms with van der Waals surface area (Å²) in [5.74, 6) is 0.791. The molecule has 21 heavy (non-hydrogen) atoms. The first-order valence-electron chi connectivity index (χ1n) is 9.03. The van der Waals surface area contributed by atoms with E-state index in [0.29, 0.717) is 0 Å². The molecule has 1 aromatic carbocycles. The van der Waals surface area contributed by atoms with Gasteiger partial charge >= 0.3 is 0 Å². The van der Waals surface area contributed by atoms with Crippen molar-refractivity contribution in [2.75, 3.05) is 13.1 Å². The molecule has 1 N–H and O–H groups in total. The van der Waals surface area contributed by atoms with Gasteiger partial charge in [0.25, 0.3) is 0 Å². The summed E-state index contributed by atoms with van der Waals surface area (Å²) in [7, 11) is 0. The molecule has 0 aliphatic carbocycles. The lowest BCUT2D eigenvalue weighted by Gasteiger charge is -2.19. The van der Waals surface area contributed by atoms with E-state index in [-0.39, 0.29) is 0 Å². The Morgan fingerprint density at radius 3 is 2.43 bits per heavy atom. The average molecular weight is 290 g/mol. The first kappa shape index (κ1) is 18.2. The minimum atomic E-state index is 0.791. The maximum Gasteiger partial charge on any atom is -0.00173 e. The molecule has 120 valence electrons. The largest absolute Gasteiger partial charge is 0.316 e. The lowest BCUT2D eigenvalue weighted by atomic mass is 9.91. The minimum absolute atomic E-state index is 0.791. The van der Waals surface area contributed by atoms with Crippen molar-refractivity contribution in [1.82, 2.24) is 5.32 Å². The molecule has 0 bridgehead atoms.